The van der Waals surface area contributed by atoms with Crippen LogP contribution in [0.15, 0.2) is 34.6 Å². The van der Waals surface area contributed by atoms with E-state index in [1.807, 2.05) is 43.5 Å². The first-order valence-electron chi connectivity index (χ1n) is 8.02. The number of anilines is 1. The zero-order chi connectivity index (χ0) is 17.7. The number of hydrogen-bond donors (Lipinski definition) is 2. The molecule has 0 aliphatic carbocycles. The average Bonchev–Trinajstić information content (AvgIpc) is 2.96. The molecule has 2 rings (SSSR count). The Bertz CT molecular complexity index is 690. The van der Waals surface area contributed by atoms with Crippen LogP contribution in [0.2, 0.25) is 0 Å². The summed E-state index contributed by atoms with van der Waals surface area (Å²) in [5.41, 5.74) is 7.83. The summed E-state index contributed by atoms with van der Waals surface area (Å²) < 4.78 is 5.61. The number of aromatic nitrogens is 1. The van der Waals surface area contributed by atoms with E-state index in [4.69, 9.17) is 10.5 Å². The van der Waals surface area contributed by atoms with Crippen LogP contribution in [0, 0.1) is 0 Å². The van der Waals surface area contributed by atoms with E-state index in [1.165, 1.54) is 0 Å². The van der Waals surface area contributed by atoms with Gasteiger partial charge in [0.25, 0.3) is 0 Å². The standard InChI is InChI=1S/C18H26N4OS.HI/c1-12(2)23-15-8-6-13(7-9-15)22-17(19)20-10-14-11-24-16(21-14)18(3,4)5;/h6-9,11-12H,10H2,1-5H3,(H3,19,20,22);1H. The van der Waals surface area contributed by atoms with Crippen LogP contribution in [-0.4, -0.2) is 17.0 Å². The molecule has 5 nitrogen and oxygen atoms in total. The normalized spacial score (nSPS) is 12.0. The third kappa shape index (κ3) is 7.19. The number of rotatable bonds is 5. The number of aliphatic imine (C=N–C) groups is 1. The van der Waals surface area contributed by atoms with Crippen LogP contribution in [0.3, 0.4) is 0 Å². The fraction of sp³-hybridized carbons (Fsp3) is 0.444. The van der Waals surface area contributed by atoms with Crippen molar-refractivity contribution in [3.05, 3.63) is 40.3 Å². The Balaban J connectivity index is 0.00000312. The second-order valence-electron chi connectivity index (χ2n) is 6.91. The summed E-state index contributed by atoms with van der Waals surface area (Å²) in [4.78, 5) is 8.96. The van der Waals surface area contributed by atoms with Crippen molar-refractivity contribution in [1.82, 2.24) is 4.98 Å². The molecular weight excluding hydrogens is 447 g/mol. The molecule has 0 bridgehead atoms. The summed E-state index contributed by atoms with van der Waals surface area (Å²) >= 11 is 1.66. The molecule has 1 aromatic carbocycles. The van der Waals surface area contributed by atoms with Crippen LogP contribution < -0.4 is 15.8 Å². The van der Waals surface area contributed by atoms with Crippen LogP contribution in [0.25, 0.3) is 0 Å². The monoisotopic (exact) mass is 474 g/mol. The Morgan fingerprint density at radius 1 is 1.28 bits per heavy atom. The van der Waals surface area contributed by atoms with Gasteiger partial charge < -0.3 is 15.8 Å². The van der Waals surface area contributed by atoms with Crippen LogP contribution >= 0.6 is 35.3 Å². The van der Waals surface area contributed by atoms with E-state index < -0.39 is 0 Å². The van der Waals surface area contributed by atoms with Gasteiger partial charge in [-0.05, 0) is 38.1 Å². The number of guanidine groups is 1. The number of benzene rings is 1. The number of nitrogens with two attached hydrogens (primary N) is 1. The largest absolute Gasteiger partial charge is 0.491 e. The number of nitrogens with zero attached hydrogens (tertiary/aromatic N) is 2. The Labute approximate surface area is 171 Å². The van der Waals surface area contributed by atoms with Gasteiger partial charge in [-0.2, -0.15) is 0 Å². The first-order valence-corrected chi connectivity index (χ1v) is 8.90. The summed E-state index contributed by atoms with van der Waals surface area (Å²) in [5, 5.41) is 6.23. The number of nitrogens with one attached hydrogen (secondary N) is 1. The van der Waals surface area contributed by atoms with Gasteiger partial charge in [0.15, 0.2) is 5.96 Å². The number of thiazole rings is 1. The lowest BCUT2D eigenvalue weighted by molar-refractivity contribution is 0.242. The van der Waals surface area contributed by atoms with Crippen molar-refractivity contribution < 1.29 is 4.74 Å². The van der Waals surface area contributed by atoms with Crippen molar-refractivity contribution >= 4 is 47.0 Å². The lowest BCUT2D eigenvalue weighted by Gasteiger charge is -2.13. The summed E-state index contributed by atoms with van der Waals surface area (Å²) in [5.74, 6) is 1.21. The second-order valence-corrected chi connectivity index (χ2v) is 7.77. The van der Waals surface area contributed by atoms with E-state index in [9.17, 15) is 0 Å². The molecule has 3 N–H and O–H groups in total. The number of halogens is 1. The first kappa shape index (κ1) is 21.7. The molecule has 0 aliphatic rings. The van der Waals surface area contributed by atoms with Gasteiger partial charge in [0.2, 0.25) is 0 Å². The maximum atomic E-state index is 5.95. The van der Waals surface area contributed by atoms with Gasteiger partial charge in [-0.25, -0.2) is 9.98 Å². The summed E-state index contributed by atoms with van der Waals surface area (Å²) in [6.45, 7) is 10.9. The quantitative estimate of drug-likeness (QED) is 0.372. The van der Waals surface area contributed by atoms with Crippen LogP contribution in [0.5, 0.6) is 5.75 Å². The SMILES string of the molecule is CC(C)Oc1ccc(NC(N)=NCc2csc(C(C)(C)C)n2)cc1.I. The van der Waals surface area contributed by atoms with Crippen molar-refractivity contribution in [2.45, 2.75) is 52.7 Å². The molecule has 0 fully saturated rings. The summed E-state index contributed by atoms with van der Waals surface area (Å²) in [6, 6.07) is 7.65. The Morgan fingerprint density at radius 2 is 1.92 bits per heavy atom. The van der Waals surface area contributed by atoms with E-state index in [-0.39, 0.29) is 35.5 Å². The van der Waals surface area contributed by atoms with Crippen LogP contribution in [0.1, 0.15) is 45.3 Å². The third-order valence-electron chi connectivity index (χ3n) is 3.10. The molecule has 0 saturated carbocycles. The molecule has 0 saturated heterocycles. The van der Waals surface area contributed by atoms with Gasteiger partial charge in [0, 0.05) is 16.5 Å². The van der Waals surface area contributed by atoms with Crippen molar-refractivity contribution in [1.29, 1.82) is 0 Å². The maximum absolute atomic E-state index is 5.95. The minimum atomic E-state index is 0. The molecule has 25 heavy (non-hydrogen) atoms. The predicted molar refractivity (Wildman–Crippen MR) is 117 cm³/mol. The predicted octanol–water partition coefficient (Wildman–Crippen LogP) is 4.77. The van der Waals surface area contributed by atoms with E-state index in [1.54, 1.807) is 11.3 Å². The molecule has 1 heterocycles. The molecule has 0 radical (unpaired) electrons. The second kappa shape index (κ2) is 9.38. The fourth-order valence-corrected chi connectivity index (χ4v) is 2.87. The van der Waals surface area contributed by atoms with Gasteiger partial charge in [-0.3, -0.25) is 0 Å². The molecule has 1 aromatic heterocycles. The molecule has 0 spiro atoms. The molecular formula is C18H27IN4OS. The van der Waals surface area contributed by atoms with E-state index in [2.05, 4.69) is 36.1 Å². The van der Waals surface area contributed by atoms with E-state index in [0.717, 1.165) is 22.1 Å². The van der Waals surface area contributed by atoms with E-state index in [0.29, 0.717) is 12.5 Å². The molecule has 0 unspecified atom stereocenters. The molecule has 0 amide bonds. The first-order chi connectivity index (χ1) is 11.2. The maximum Gasteiger partial charge on any atom is 0.193 e. The highest BCUT2D eigenvalue weighted by atomic mass is 127. The Morgan fingerprint density at radius 3 is 2.44 bits per heavy atom. The number of hydrogen-bond acceptors (Lipinski definition) is 4. The third-order valence-corrected chi connectivity index (χ3v) is 4.42. The molecule has 2 aromatic rings. The van der Waals surface area contributed by atoms with Crippen molar-refractivity contribution in [3.63, 3.8) is 0 Å². The van der Waals surface area contributed by atoms with Gasteiger partial charge in [0.1, 0.15) is 5.75 Å². The van der Waals surface area contributed by atoms with Crippen molar-refractivity contribution in [3.8, 4) is 5.75 Å². The molecule has 138 valence electrons. The minimum absolute atomic E-state index is 0. The lowest BCUT2D eigenvalue weighted by Crippen LogP contribution is -2.22. The zero-order valence-corrected chi connectivity index (χ0v) is 18.5. The Hall–Kier alpha value is -1.35. The highest BCUT2D eigenvalue weighted by molar-refractivity contribution is 14.0. The average molecular weight is 474 g/mol. The van der Waals surface area contributed by atoms with Gasteiger partial charge >= 0.3 is 0 Å². The van der Waals surface area contributed by atoms with Crippen molar-refractivity contribution in [2.24, 2.45) is 10.7 Å². The highest BCUT2D eigenvalue weighted by Gasteiger charge is 2.17. The molecule has 0 atom stereocenters. The summed E-state index contributed by atoms with van der Waals surface area (Å²) in [6.07, 6.45) is 0.159. The van der Waals surface area contributed by atoms with E-state index >= 15 is 0 Å². The fourth-order valence-electron chi connectivity index (χ4n) is 1.97. The van der Waals surface area contributed by atoms with Gasteiger partial charge in [-0.1, -0.05) is 20.8 Å². The van der Waals surface area contributed by atoms with Crippen LogP contribution in [0.4, 0.5) is 5.69 Å². The lowest BCUT2D eigenvalue weighted by atomic mass is 9.98. The zero-order valence-electron chi connectivity index (χ0n) is 15.4. The van der Waals surface area contributed by atoms with Crippen molar-refractivity contribution in [2.75, 3.05) is 5.32 Å². The molecule has 0 aliphatic heterocycles. The van der Waals surface area contributed by atoms with Gasteiger partial charge in [-0.15, -0.1) is 35.3 Å². The van der Waals surface area contributed by atoms with Gasteiger partial charge in [0.05, 0.1) is 23.4 Å². The minimum Gasteiger partial charge on any atom is -0.491 e. The number of ether oxygens (including phenoxy) is 1. The topological polar surface area (TPSA) is 72.5 Å². The van der Waals surface area contributed by atoms with Crippen LogP contribution in [-0.2, 0) is 12.0 Å². The molecule has 7 heteroatoms. The highest BCUT2D eigenvalue weighted by Crippen LogP contribution is 2.25. The summed E-state index contributed by atoms with van der Waals surface area (Å²) in [7, 11) is 0. The Kier molecular flexibility index (Phi) is 8.14. The smallest absolute Gasteiger partial charge is 0.193 e.